The number of nitrogens with one attached hydrogen (secondary N) is 3. The number of H-pyrrole nitrogens is 1. The number of rotatable bonds is 3. The van der Waals surface area contributed by atoms with Gasteiger partial charge in [-0.25, -0.2) is 5.43 Å². The molecule has 1 unspecified atom stereocenters. The number of carbonyl (C=O) groups is 1. The maximum absolute atomic E-state index is 12.2. The van der Waals surface area contributed by atoms with Crippen molar-refractivity contribution in [2.75, 3.05) is 6.61 Å². The summed E-state index contributed by atoms with van der Waals surface area (Å²) < 4.78 is 5.61. The van der Waals surface area contributed by atoms with E-state index in [0.29, 0.717) is 12.3 Å². The first kappa shape index (κ1) is 13.8. The van der Waals surface area contributed by atoms with Gasteiger partial charge in [-0.05, 0) is 30.7 Å². The summed E-state index contributed by atoms with van der Waals surface area (Å²) in [5.74, 6) is 0.654. The van der Waals surface area contributed by atoms with Crippen LogP contribution in [0.5, 0.6) is 5.75 Å². The molecule has 0 radical (unpaired) electrons. The summed E-state index contributed by atoms with van der Waals surface area (Å²) in [5.41, 5.74) is 9.42. The zero-order valence-electron chi connectivity index (χ0n) is 12.7. The van der Waals surface area contributed by atoms with E-state index in [4.69, 9.17) is 4.74 Å². The van der Waals surface area contributed by atoms with Crippen LogP contribution in [-0.4, -0.2) is 17.5 Å². The molecule has 1 atom stereocenters. The first-order valence-corrected chi connectivity index (χ1v) is 7.67. The van der Waals surface area contributed by atoms with Crippen molar-refractivity contribution in [3.63, 3.8) is 0 Å². The first-order chi connectivity index (χ1) is 11.3. The van der Waals surface area contributed by atoms with E-state index in [0.717, 1.165) is 27.8 Å². The van der Waals surface area contributed by atoms with E-state index < -0.39 is 0 Å². The zero-order valence-corrected chi connectivity index (χ0v) is 12.7. The molecule has 0 aliphatic carbocycles. The van der Waals surface area contributed by atoms with Gasteiger partial charge in [0.1, 0.15) is 11.4 Å². The fourth-order valence-electron chi connectivity index (χ4n) is 3.10. The Kier molecular flexibility index (Phi) is 3.28. The van der Waals surface area contributed by atoms with Crippen molar-refractivity contribution in [3.8, 4) is 5.75 Å². The summed E-state index contributed by atoms with van der Waals surface area (Å²) >= 11 is 0. The molecule has 3 N–H and O–H groups in total. The van der Waals surface area contributed by atoms with Crippen LogP contribution in [0.1, 0.15) is 34.6 Å². The summed E-state index contributed by atoms with van der Waals surface area (Å²) in [5, 5.41) is 1.00. The highest BCUT2D eigenvalue weighted by Crippen LogP contribution is 2.35. The highest BCUT2D eigenvalue weighted by atomic mass is 16.5. The van der Waals surface area contributed by atoms with Gasteiger partial charge in [-0.3, -0.25) is 10.2 Å². The highest BCUT2D eigenvalue weighted by molar-refractivity contribution is 6.02. The molecular weight excluding hydrogens is 290 g/mol. The van der Waals surface area contributed by atoms with Gasteiger partial charge in [0.2, 0.25) is 0 Å². The molecule has 1 aliphatic heterocycles. The van der Waals surface area contributed by atoms with Crippen molar-refractivity contribution >= 4 is 16.8 Å². The van der Waals surface area contributed by atoms with Crippen molar-refractivity contribution in [1.82, 2.24) is 15.8 Å². The van der Waals surface area contributed by atoms with Gasteiger partial charge in [0.25, 0.3) is 5.91 Å². The lowest BCUT2D eigenvalue weighted by atomic mass is 9.95. The lowest BCUT2D eigenvalue weighted by Crippen LogP contribution is -2.45. The van der Waals surface area contributed by atoms with Crippen LogP contribution in [-0.2, 0) is 0 Å². The number of aromatic amines is 1. The van der Waals surface area contributed by atoms with Gasteiger partial charge < -0.3 is 9.72 Å². The first-order valence-electron chi connectivity index (χ1n) is 7.67. The number of benzene rings is 2. The van der Waals surface area contributed by atoms with Crippen LogP contribution in [0.3, 0.4) is 0 Å². The molecule has 3 aromatic rings. The lowest BCUT2D eigenvalue weighted by Gasteiger charge is -2.25. The Morgan fingerprint density at radius 2 is 1.96 bits per heavy atom. The zero-order chi connectivity index (χ0) is 15.8. The Bertz CT molecular complexity index is 871. The van der Waals surface area contributed by atoms with E-state index >= 15 is 0 Å². The molecule has 23 heavy (non-hydrogen) atoms. The largest absolute Gasteiger partial charge is 0.494 e. The molecule has 2 aromatic carbocycles. The second-order valence-electron chi connectivity index (χ2n) is 5.50. The molecule has 0 fully saturated rings. The molecule has 0 saturated carbocycles. The summed E-state index contributed by atoms with van der Waals surface area (Å²) in [6, 6.07) is 15.8. The molecule has 2 heterocycles. The van der Waals surface area contributed by atoms with E-state index in [1.807, 2.05) is 55.5 Å². The smallest absolute Gasteiger partial charge is 0.282 e. The number of hydrogen-bond donors (Lipinski definition) is 3. The Morgan fingerprint density at radius 1 is 1.13 bits per heavy atom. The molecule has 1 amide bonds. The summed E-state index contributed by atoms with van der Waals surface area (Å²) in [7, 11) is 0. The third kappa shape index (κ3) is 2.26. The average Bonchev–Trinajstić information content (AvgIpc) is 2.96. The normalized spacial score (nSPS) is 16.9. The van der Waals surface area contributed by atoms with Gasteiger partial charge in [-0.2, -0.15) is 0 Å². The van der Waals surface area contributed by atoms with Crippen LogP contribution in [0.15, 0.2) is 48.5 Å². The van der Waals surface area contributed by atoms with Crippen LogP contribution in [0.4, 0.5) is 0 Å². The van der Waals surface area contributed by atoms with Crippen LogP contribution in [0.25, 0.3) is 10.9 Å². The standard InChI is InChI=1S/C18H17N3O2/c1-2-23-12-8-9-14-13(10-12)15-16(11-6-4-3-5-7-11)20-21-18(22)17(15)19-14/h3-10,16,19-20H,2H2,1H3,(H,21,22). The minimum Gasteiger partial charge on any atom is -0.494 e. The van der Waals surface area contributed by atoms with E-state index in [-0.39, 0.29) is 11.9 Å². The average molecular weight is 307 g/mol. The molecule has 0 saturated heterocycles. The molecule has 116 valence electrons. The molecule has 5 nitrogen and oxygen atoms in total. The topological polar surface area (TPSA) is 66.2 Å². The van der Waals surface area contributed by atoms with E-state index in [9.17, 15) is 4.79 Å². The summed E-state index contributed by atoms with van der Waals surface area (Å²) in [6.45, 7) is 2.57. The van der Waals surface area contributed by atoms with Crippen molar-refractivity contribution < 1.29 is 9.53 Å². The summed E-state index contributed by atoms with van der Waals surface area (Å²) in [6.07, 6.45) is 0. The predicted octanol–water partition coefficient (Wildman–Crippen LogP) is 2.90. The third-order valence-corrected chi connectivity index (χ3v) is 4.10. The fraction of sp³-hybridized carbons (Fsp3) is 0.167. The van der Waals surface area contributed by atoms with Gasteiger partial charge in [0.05, 0.1) is 12.6 Å². The Hall–Kier alpha value is -2.79. The molecule has 5 heteroatoms. The fourth-order valence-corrected chi connectivity index (χ4v) is 3.10. The van der Waals surface area contributed by atoms with E-state index in [2.05, 4.69) is 15.8 Å². The minimum atomic E-state index is -0.152. The van der Waals surface area contributed by atoms with Gasteiger partial charge in [0.15, 0.2) is 0 Å². The quantitative estimate of drug-likeness (QED) is 0.697. The third-order valence-electron chi connectivity index (χ3n) is 4.10. The maximum atomic E-state index is 12.2. The van der Waals surface area contributed by atoms with Crippen LogP contribution in [0.2, 0.25) is 0 Å². The maximum Gasteiger partial charge on any atom is 0.282 e. The monoisotopic (exact) mass is 307 g/mol. The minimum absolute atomic E-state index is 0.102. The predicted molar refractivity (Wildman–Crippen MR) is 88.4 cm³/mol. The molecular formula is C18H17N3O2. The molecule has 0 bridgehead atoms. The lowest BCUT2D eigenvalue weighted by molar-refractivity contribution is 0.0909. The number of ether oxygens (including phenoxy) is 1. The number of aromatic nitrogens is 1. The second kappa shape index (κ2) is 5.44. The Balaban J connectivity index is 1.93. The SMILES string of the molecule is CCOc1ccc2[nH]c3c(c2c1)C(c1ccccc1)NNC3=O. The summed E-state index contributed by atoms with van der Waals surface area (Å²) in [4.78, 5) is 15.4. The van der Waals surface area contributed by atoms with Crippen molar-refractivity contribution in [3.05, 3.63) is 65.4 Å². The Morgan fingerprint density at radius 3 is 2.74 bits per heavy atom. The highest BCUT2D eigenvalue weighted by Gasteiger charge is 2.30. The number of hydrogen-bond acceptors (Lipinski definition) is 3. The molecule has 1 aromatic heterocycles. The molecule has 1 aliphatic rings. The number of hydrazine groups is 1. The second-order valence-corrected chi connectivity index (χ2v) is 5.50. The van der Waals surface area contributed by atoms with E-state index in [1.165, 1.54) is 0 Å². The van der Waals surface area contributed by atoms with Gasteiger partial charge in [-0.15, -0.1) is 0 Å². The Labute approximate surface area is 133 Å². The van der Waals surface area contributed by atoms with Crippen molar-refractivity contribution in [1.29, 1.82) is 0 Å². The van der Waals surface area contributed by atoms with Crippen LogP contribution >= 0.6 is 0 Å². The molecule has 0 spiro atoms. The van der Waals surface area contributed by atoms with Crippen molar-refractivity contribution in [2.45, 2.75) is 13.0 Å². The van der Waals surface area contributed by atoms with Crippen LogP contribution in [0, 0.1) is 0 Å². The van der Waals surface area contributed by atoms with Crippen LogP contribution < -0.4 is 15.6 Å². The van der Waals surface area contributed by atoms with Gasteiger partial charge in [-0.1, -0.05) is 30.3 Å². The number of amides is 1. The van der Waals surface area contributed by atoms with Gasteiger partial charge >= 0.3 is 0 Å². The molecule has 4 rings (SSSR count). The number of fused-ring (bicyclic) bond motifs is 3. The van der Waals surface area contributed by atoms with Crippen molar-refractivity contribution in [2.24, 2.45) is 0 Å². The van der Waals surface area contributed by atoms with E-state index in [1.54, 1.807) is 0 Å². The number of carbonyl (C=O) groups excluding carboxylic acids is 1. The van der Waals surface area contributed by atoms with Gasteiger partial charge in [0, 0.05) is 16.5 Å².